The molecule has 92 valence electrons. The van der Waals surface area contributed by atoms with Crippen LogP contribution in [0.3, 0.4) is 0 Å². The Balaban J connectivity index is 3.02. The van der Waals surface area contributed by atoms with Gasteiger partial charge in [0.2, 0.25) is 0 Å². The highest BCUT2D eigenvalue weighted by Crippen LogP contribution is 2.22. The lowest BCUT2D eigenvalue weighted by Crippen LogP contribution is -2.25. The number of amides is 1. The van der Waals surface area contributed by atoms with E-state index in [0.29, 0.717) is 6.42 Å². The number of ketones is 1. The molecular weight excluding hydrogens is 225 g/mol. The predicted molar refractivity (Wildman–Crippen MR) is 60.3 cm³/mol. The molecule has 1 atom stereocenters. The standard InChI is InChI=1S/C12H14FNO3/c1-3-9(15)7(2)17-10-6-4-5-8(13)11(10)12(14)16/h4-7H,3H2,1-2H3,(H2,14,16). The van der Waals surface area contributed by atoms with Gasteiger partial charge in [0.25, 0.3) is 5.91 Å². The maximum Gasteiger partial charge on any atom is 0.255 e. The van der Waals surface area contributed by atoms with E-state index in [1.165, 1.54) is 12.1 Å². The molecule has 0 aliphatic carbocycles. The van der Waals surface area contributed by atoms with Crippen molar-refractivity contribution in [1.29, 1.82) is 0 Å². The smallest absolute Gasteiger partial charge is 0.255 e. The quantitative estimate of drug-likeness (QED) is 0.849. The van der Waals surface area contributed by atoms with Gasteiger partial charge in [-0.15, -0.1) is 0 Å². The molecule has 1 aromatic rings. The van der Waals surface area contributed by atoms with E-state index in [-0.39, 0.29) is 17.1 Å². The average Bonchev–Trinajstić information content (AvgIpc) is 2.27. The van der Waals surface area contributed by atoms with Gasteiger partial charge in [0.1, 0.15) is 17.1 Å². The van der Waals surface area contributed by atoms with Gasteiger partial charge in [0.15, 0.2) is 11.9 Å². The summed E-state index contributed by atoms with van der Waals surface area (Å²) in [6.07, 6.45) is -0.428. The second-order valence-corrected chi connectivity index (χ2v) is 3.56. The summed E-state index contributed by atoms with van der Waals surface area (Å²) in [6, 6.07) is 3.90. The Hall–Kier alpha value is -1.91. The van der Waals surface area contributed by atoms with Crippen LogP contribution < -0.4 is 10.5 Å². The number of hydrogen-bond acceptors (Lipinski definition) is 3. The van der Waals surface area contributed by atoms with Crippen LogP contribution in [0.1, 0.15) is 30.6 Å². The zero-order valence-corrected chi connectivity index (χ0v) is 9.70. The van der Waals surface area contributed by atoms with E-state index in [0.717, 1.165) is 6.07 Å². The number of Topliss-reactive ketones (excluding diaryl/α,β-unsaturated/α-hetero) is 1. The van der Waals surface area contributed by atoms with Crippen molar-refractivity contribution in [2.24, 2.45) is 5.73 Å². The van der Waals surface area contributed by atoms with Crippen LogP contribution in [-0.4, -0.2) is 17.8 Å². The number of nitrogens with two attached hydrogens (primary N) is 1. The molecule has 1 aromatic carbocycles. The van der Waals surface area contributed by atoms with Gasteiger partial charge in [-0.25, -0.2) is 4.39 Å². The van der Waals surface area contributed by atoms with Gasteiger partial charge in [0.05, 0.1) is 0 Å². The fraction of sp³-hybridized carbons (Fsp3) is 0.333. The van der Waals surface area contributed by atoms with Crippen molar-refractivity contribution in [3.8, 4) is 5.75 Å². The number of ether oxygens (including phenoxy) is 1. The Morgan fingerprint density at radius 1 is 1.47 bits per heavy atom. The predicted octanol–water partition coefficient (Wildman–Crippen LogP) is 1.67. The van der Waals surface area contributed by atoms with Gasteiger partial charge in [-0.1, -0.05) is 13.0 Å². The third kappa shape index (κ3) is 3.03. The van der Waals surface area contributed by atoms with E-state index in [9.17, 15) is 14.0 Å². The van der Waals surface area contributed by atoms with Crippen molar-refractivity contribution in [3.63, 3.8) is 0 Å². The molecule has 0 aliphatic heterocycles. The van der Waals surface area contributed by atoms with Crippen LogP contribution in [0.15, 0.2) is 18.2 Å². The summed E-state index contributed by atoms with van der Waals surface area (Å²) in [7, 11) is 0. The average molecular weight is 239 g/mol. The zero-order chi connectivity index (χ0) is 13.0. The Kier molecular flexibility index (Phi) is 4.20. The monoisotopic (exact) mass is 239 g/mol. The van der Waals surface area contributed by atoms with Crippen LogP contribution in [0.2, 0.25) is 0 Å². The Labute approximate surface area is 98.6 Å². The van der Waals surface area contributed by atoms with Crippen LogP contribution >= 0.6 is 0 Å². The minimum absolute atomic E-state index is 0.00759. The van der Waals surface area contributed by atoms with Crippen molar-refractivity contribution < 1.29 is 18.7 Å². The van der Waals surface area contributed by atoms with Crippen LogP contribution in [0.5, 0.6) is 5.75 Å². The van der Waals surface area contributed by atoms with Gasteiger partial charge in [-0.05, 0) is 19.1 Å². The van der Waals surface area contributed by atoms with Crippen molar-refractivity contribution in [2.75, 3.05) is 0 Å². The van der Waals surface area contributed by atoms with E-state index in [1.807, 2.05) is 0 Å². The molecule has 0 saturated carbocycles. The molecule has 0 fully saturated rings. The Bertz CT molecular complexity index is 445. The molecule has 0 radical (unpaired) electrons. The molecule has 2 N–H and O–H groups in total. The van der Waals surface area contributed by atoms with Crippen LogP contribution in [0, 0.1) is 5.82 Å². The van der Waals surface area contributed by atoms with E-state index >= 15 is 0 Å². The van der Waals surface area contributed by atoms with E-state index < -0.39 is 17.8 Å². The molecule has 17 heavy (non-hydrogen) atoms. The lowest BCUT2D eigenvalue weighted by atomic mass is 10.1. The third-order valence-corrected chi connectivity index (χ3v) is 2.33. The summed E-state index contributed by atoms with van der Waals surface area (Å²) in [6.45, 7) is 3.24. The van der Waals surface area contributed by atoms with Gasteiger partial charge in [-0.3, -0.25) is 9.59 Å². The molecule has 0 spiro atoms. The molecule has 1 unspecified atom stereocenters. The fourth-order valence-corrected chi connectivity index (χ4v) is 1.39. The summed E-state index contributed by atoms with van der Waals surface area (Å²) in [4.78, 5) is 22.4. The maximum absolute atomic E-state index is 13.4. The molecule has 0 heterocycles. The molecule has 1 rings (SSSR count). The van der Waals surface area contributed by atoms with Crippen molar-refractivity contribution >= 4 is 11.7 Å². The number of benzene rings is 1. The Morgan fingerprint density at radius 2 is 2.12 bits per heavy atom. The third-order valence-electron chi connectivity index (χ3n) is 2.33. The number of rotatable bonds is 5. The van der Waals surface area contributed by atoms with Crippen LogP contribution in [-0.2, 0) is 4.79 Å². The lowest BCUT2D eigenvalue weighted by molar-refractivity contribution is -0.124. The first-order valence-corrected chi connectivity index (χ1v) is 5.25. The second-order valence-electron chi connectivity index (χ2n) is 3.56. The Morgan fingerprint density at radius 3 is 2.65 bits per heavy atom. The molecule has 4 nitrogen and oxygen atoms in total. The summed E-state index contributed by atoms with van der Waals surface area (Å²) >= 11 is 0. The summed E-state index contributed by atoms with van der Waals surface area (Å²) in [5, 5.41) is 0. The highest BCUT2D eigenvalue weighted by molar-refractivity contribution is 5.96. The van der Waals surface area contributed by atoms with Gasteiger partial charge >= 0.3 is 0 Å². The summed E-state index contributed by atoms with van der Waals surface area (Å²) in [5.74, 6) is -1.82. The molecular formula is C12H14FNO3. The van der Waals surface area contributed by atoms with E-state index in [4.69, 9.17) is 10.5 Å². The minimum atomic E-state index is -0.922. The maximum atomic E-state index is 13.4. The molecule has 0 aromatic heterocycles. The van der Waals surface area contributed by atoms with Crippen molar-refractivity contribution in [3.05, 3.63) is 29.6 Å². The number of halogens is 1. The molecule has 0 saturated heterocycles. The molecule has 5 heteroatoms. The normalized spacial score (nSPS) is 11.9. The van der Waals surface area contributed by atoms with Gasteiger partial charge in [-0.2, -0.15) is 0 Å². The van der Waals surface area contributed by atoms with Gasteiger partial charge in [0, 0.05) is 6.42 Å². The summed E-state index contributed by atoms with van der Waals surface area (Å²) < 4.78 is 18.6. The van der Waals surface area contributed by atoms with Crippen molar-refractivity contribution in [1.82, 2.24) is 0 Å². The topological polar surface area (TPSA) is 69.4 Å². The second kappa shape index (κ2) is 5.43. The first kappa shape index (κ1) is 13.2. The first-order chi connectivity index (χ1) is 7.97. The van der Waals surface area contributed by atoms with Crippen LogP contribution in [0.4, 0.5) is 4.39 Å². The highest BCUT2D eigenvalue weighted by Gasteiger charge is 2.19. The fourth-order valence-electron chi connectivity index (χ4n) is 1.39. The molecule has 0 bridgehead atoms. The number of carbonyl (C=O) groups is 2. The molecule has 0 aliphatic rings. The first-order valence-electron chi connectivity index (χ1n) is 5.25. The van der Waals surface area contributed by atoms with E-state index in [2.05, 4.69) is 0 Å². The highest BCUT2D eigenvalue weighted by atomic mass is 19.1. The van der Waals surface area contributed by atoms with Crippen LogP contribution in [0.25, 0.3) is 0 Å². The largest absolute Gasteiger partial charge is 0.482 e. The minimum Gasteiger partial charge on any atom is -0.482 e. The van der Waals surface area contributed by atoms with E-state index in [1.54, 1.807) is 13.8 Å². The molecule has 1 amide bonds. The van der Waals surface area contributed by atoms with Gasteiger partial charge < -0.3 is 10.5 Å². The summed E-state index contributed by atoms with van der Waals surface area (Å²) in [5.41, 5.74) is 4.73. The lowest BCUT2D eigenvalue weighted by Gasteiger charge is -2.15. The zero-order valence-electron chi connectivity index (χ0n) is 9.70. The number of hydrogen-bond donors (Lipinski definition) is 1. The number of primary amides is 1. The van der Waals surface area contributed by atoms with Crippen molar-refractivity contribution in [2.45, 2.75) is 26.4 Å². The SMILES string of the molecule is CCC(=O)C(C)Oc1cccc(F)c1C(N)=O. The number of carbonyl (C=O) groups excluding carboxylic acids is 2.